The van der Waals surface area contributed by atoms with E-state index in [0.29, 0.717) is 12.6 Å². The minimum absolute atomic E-state index is 0.228. The summed E-state index contributed by atoms with van der Waals surface area (Å²) in [5, 5.41) is 2.65. The first-order valence-corrected chi connectivity index (χ1v) is 14.2. The molecule has 4 rings (SSSR count). The van der Waals surface area contributed by atoms with E-state index in [1.54, 1.807) is 12.1 Å². The number of allylic oxidation sites excluding steroid dienone is 2. The van der Waals surface area contributed by atoms with Crippen molar-refractivity contribution in [3.63, 3.8) is 0 Å². The summed E-state index contributed by atoms with van der Waals surface area (Å²) < 4.78 is 20.8. The predicted molar refractivity (Wildman–Crippen MR) is 161 cm³/mol. The smallest absolute Gasteiger partial charge is 0.127 e. The van der Waals surface area contributed by atoms with Gasteiger partial charge in [0, 0.05) is 28.0 Å². The van der Waals surface area contributed by atoms with Crippen molar-refractivity contribution in [3.05, 3.63) is 87.2 Å². The number of rotatable bonds is 8. The van der Waals surface area contributed by atoms with Crippen LogP contribution in [-0.2, 0) is 0 Å². The van der Waals surface area contributed by atoms with Gasteiger partial charge < -0.3 is 9.22 Å². The van der Waals surface area contributed by atoms with Gasteiger partial charge in [0.25, 0.3) is 0 Å². The number of quaternary nitrogens is 1. The molecule has 3 aromatic carbocycles. The average Bonchev–Trinajstić information content (AvgIpc) is 2.88. The van der Waals surface area contributed by atoms with Crippen LogP contribution in [0.4, 0.5) is 4.39 Å². The van der Waals surface area contributed by atoms with Crippen molar-refractivity contribution < 1.29 is 13.6 Å². The number of fused-ring (bicyclic) bond motifs is 1. The molecule has 0 fully saturated rings. The maximum absolute atomic E-state index is 13.7. The highest BCUT2D eigenvalue weighted by molar-refractivity contribution is 6.32. The Hall–Kier alpha value is -2.62. The second-order valence-corrected chi connectivity index (χ2v) is 11.8. The van der Waals surface area contributed by atoms with E-state index in [1.807, 2.05) is 18.2 Å². The molecule has 38 heavy (non-hydrogen) atoms. The van der Waals surface area contributed by atoms with E-state index in [9.17, 15) is 4.39 Å². The van der Waals surface area contributed by atoms with Crippen molar-refractivity contribution >= 4 is 33.5 Å². The Labute approximate surface area is 233 Å². The molecular weight excluding hydrogens is 493 g/mol. The standard InChI is InChI=1S/C34H42ClFNO/c1-8-22(2)28(12-10-20-38-32-13-9-11-26-21-27(36)14-15-30(26)32)29-16-17-31(35)34(24(29)4)33-23(3)18-19-37(6,7)25(33)5/h9,11,13-17,21,25H,8,10,12,18-20H2,1-7H3/q+1/b28-22-. The molecule has 0 saturated heterocycles. The van der Waals surface area contributed by atoms with Gasteiger partial charge in [0.1, 0.15) is 17.6 Å². The van der Waals surface area contributed by atoms with Crippen LogP contribution in [-0.4, -0.2) is 37.8 Å². The van der Waals surface area contributed by atoms with Gasteiger partial charge in [0.2, 0.25) is 0 Å². The molecule has 0 aromatic heterocycles. The van der Waals surface area contributed by atoms with E-state index in [0.717, 1.165) is 58.3 Å². The second-order valence-electron chi connectivity index (χ2n) is 11.4. The number of likely N-dealkylation sites (N-methyl/N-ethyl adjacent to an activating group) is 1. The van der Waals surface area contributed by atoms with Crippen molar-refractivity contribution in [2.45, 2.75) is 66.3 Å². The van der Waals surface area contributed by atoms with E-state index in [4.69, 9.17) is 16.3 Å². The highest BCUT2D eigenvalue weighted by atomic mass is 35.5. The molecule has 1 heterocycles. The first-order valence-electron chi connectivity index (χ1n) is 13.9. The molecule has 0 saturated carbocycles. The van der Waals surface area contributed by atoms with Crippen LogP contribution in [0.1, 0.15) is 70.1 Å². The number of hydrogen-bond acceptors (Lipinski definition) is 1. The Balaban J connectivity index is 1.60. The third kappa shape index (κ3) is 5.70. The van der Waals surface area contributed by atoms with E-state index in [-0.39, 0.29) is 5.82 Å². The summed E-state index contributed by atoms with van der Waals surface area (Å²) in [5.41, 5.74) is 9.46. The van der Waals surface area contributed by atoms with Crippen LogP contribution in [0.25, 0.3) is 21.9 Å². The summed E-state index contributed by atoms with van der Waals surface area (Å²) >= 11 is 6.93. The molecule has 1 aliphatic rings. The molecule has 0 N–H and O–H groups in total. The van der Waals surface area contributed by atoms with E-state index in [2.05, 4.69) is 60.8 Å². The lowest BCUT2D eigenvalue weighted by atomic mass is 9.82. The highest BCUT2D eigenvalue weighted by Crippen LogP contribution is 2.42. The second kappa shape index (κ2) is 11.6. The first kappa shape index (κ1) is 28.4. The van der Waals surface area contributed by atoms with Crippen LogP contribution in [0.5, 0.6) is 5.75 Å². The van der Waals surface area contributed by atoms with Crippen LogP contribution in [0.15, 0.2) is 59.7 Å². The summed E-state index contributed by atoms with van der Waals surface area (Å²) in [5.74, 6) is 0.577. The molecule has 0 spiro atoms. The Morgan fingerprint density at radius 3 is 2.61 bits per heavy atom. The highest BCUT2D eigenvalue weighted by Gasteiger charge is 2.35. The van der Waals surface area contributed by atoms with Gasteiger partial charge in [-0.1, -0.05) is 47.9 Å². The van der Waals surface area contributed by atoms with Crippen LogP contribution in [0.3, 0.4) is 0 Å². The third-order valence-electron chi connectivity index (χ3n) is 8.67. The number of benzene rings is 3. The van der Waals surface area contributed by atoms with Gasteiger partial charge in [-0.05, 0) is 99.4 Å². The third-order valence-corrected chi connectivity index (χ3v) is 8.99. The summed E-state index contributed by atoms with van der Waals surface area (Å²) in [7, 11) is 4.65. The fraction of sp³-hybridized carbons (Fsp3) is 0.412. The largest absolute Gasteiger partial charge is 0.493 e. The van der Waals surface area contributed by atoms with Gasteiger partial charge in [0.15, 0.2) is 0 Å². The van der Waals surface area contributed by atoms with Crippen LogP contribution < -0.4 is 4.74 Å². The van der Waals surface area contributed by atoms with E-state index in [1.165, 1.54) is 45.0 Å². The Kier molecular flexibility index (Phi) is 8.69. The SMILES string of the molecule is CC/C(C)=C(/CCCOc1cccc2cc(F)ccc12)c1ccc(Cl)c(C2=C(C)CC[N+](C)(C)C2C)c1C. The first-order chi connectivity index (χ1) is 18.0. The van der Waals surface area contributed by atoms with Crippen molar-refractivity contribution in [2.75, 3.05) is 27.2 Å². The Morgan fingerprint density at radius 1 is 1.11 bits per heavy atom. The lowest BCUT2D eigenvalue weighted by Gasteiger charge is -2.42. The minimum atomic E-state index is -0.228. The van der Waals surface area contributed by atoms with E-state index < -0.39 is 0 Å². The summed E-state index contributed by atoms with van der Waals surface area (Å²) in [4.78, 5) is 0. The maximum Gasteiger partial charge on any atom is 0.127 e. The zero-order chi connectivity index (χ0) is 27.6. The van der Waals surface area contributed by atoms with Gasteiger partial charge in [-0.2, -0.15) is 0 Å². The molecule has 0 amide bonds. The van der Waals surface area contributed by atoms with Crippen LogP contribution in [0, 0.1) is 12.7 Å². The Morgan fingerprint density at radius 2 is 1.87 bits per heavy atom. The number of hydrogen-bond donors (Lipinski definition) is 0. The molecule has 0 bridgehead atoms. The Bertz CT molecular complexity index is 1400. The molecule has 3 aromatic rings. The van der Waals surface area contributed by atoms with Crippen molar-refractivity contribution in [1.82, 2.24) is 0 Å². The lowest BCUT2D eigenvalue weighted by Crippen LogP contribution is -2.51. The number of nitrogens with zero attached hydrogens (tertiary/aromatic N) is 1. The summed E-state index contributed by atoms with van der Waals surface area (Å²) in [6.07, 6.45) is 3.92. The van der Waals surface area contributed by atoms with Gasteiger partial charge in [-0.25, -0.2) is 4.39 Å². The molecule has 202 valence electrons. The monoisotopic (exact) mass is 534 g/mol. The topological polar surface area (TPSA) is 9.23 Å². The normalized spacial score (nSPS) is 18.1. The quantitative estimate of drug-likeness (QED) is 0.206. The van der Waals surface area contributed by atoms with Gasteiger partial charge in [-0.3, -0.25) is 0 Å². The van der Waals surface area contributed by atoms with Crippen molar-refractivity contribution in [3.8, 4) is 5.75 Å². The molecule has 1 unspecified atom stereocenters. The average molecular weight is 535 g/mol. The fourth-order valence-electron chi connectivity index (χ4n) is 5.82. The van der Waals surface area contributed by atoms with E-state index >= 15 is 0 Å². The van der Waals surface area contributed by atoms with Crippen LogP contribution in [0.2, 0.25) is 5.02 Å². The maximum atomic E-state index is 13.7. The molecule has 4 heteroatoms. The fourth-order valence-corrected chi connectivity index (χ4v) is 6.13. The van der Waals surface area contributed by atoms with Crippen LogP contribution >= 0.6 is 11.6 Å². The zero-order valence-electron chi connectivity index (χ0n) is 24.1. The lowest BCUT2D eigenvalue weighted by molar-refractivity contribution is -0.905. The molecule has 0 aliphatic carbocycles. The summed E-state index contributed by atoms with van der Waals surface area (Å²) in [6, 6.07) is 15.3. The molecule has 0 radical (unpaired) electrons. The number of ether oxygens (including phenoxy) is 1. The van der Waals surface area contributed by atoms with Gasteiger partial charge in [0.05, 0.1) is 27.2 Å². The predicted octanol–water partition coefficient (Wildman–Crippen LogP) is 9.63. The molecule has 1 atom stereocenters. The minimum Gasteiger partial charge on any atom is -0.493 e. The van der Waals surface area contributed by atoms with Gasteiger partial charge in [-0.15, -0.1) is 0 Å². The van der Waals surface area contributed by atoms with Gasteiger partial charge >= 0.3 is 0 Å². The summed E-state index contributed by atoms with van der Waals surface area (Å²) in [6.45, 7) is 13.1. The van der Waals surface area contributed by atoms with Crippen molar-refractivity contribution in [1.29, 1.82) is 0 Å². The molecule has 1 aliphatic heterocycles. The zero-order valence-corrected chi connectivity index (χ0v) is 24.8. The molecule has 2 nitrogen and oxygen atoms in total. The number of halogens is 2. The molecular formula is C34H42ClFNO+. The van der Waals surface area contributed by atoms with Crippen molar-refractivity contribution in [2.24, 2.45) is 0 Å².